The molecule has 15 heavy (non-hydrogen) atoms. The molecule has 0 bridgehead atoms. The normalized spacial score (nSPS) is 17.5. The standard InChI is InChI=1S/C12H19N3/c1-3-15(10-4-5-10)11-6-7-12(9(2)13)14-8-11/h6-10H,3-5,13H2,1-2H3/t9-/m0/s1. The van der Waals surface area contributed by atoms with E-state index in [0.29, 0.717) is 0 Å². The minimum absolute atomic E-state index is 0.0232. The van der Waals surface area contributed by atoms with Gasteiger partial charge in [0.25, 0.3) is 0 Å². The van der Waals surface area contributed by atoms with Gasteiger partial charge in [-0.2, -0.15) is 0 Å². The highest BCUT2D eigenvalue weighted by Crippen LogP contribution is 2.31. The van der Waals surface area contributed by atoms with E-state index >= 15 is 0 Å². The molecule has 1 heterocycles. The highest BCUT2D eigenvalue weighted by atomic mass is 15.2. The van der Waals surface area contributed by atoms with Crippen LogP contribution in [-0.2, 0) is 0 Å². The molecule has 0 unspecified atom stereocenters. The predicted octanol–water partition coefficient (Wildman–Crippen LogP) is 2.09. The van der Waals surface area contributed by atoms with Crippen molar-refractivity contribution in [3.63, 3.8) is 0 Å². The molecule has 82 valence electrons. The van der Waals surface area contributed by atoms with Gasteiger partial charge in [0.2, 0.25) is 0 Å². The SMILES string of the molecule is CCN(c1ccc([C@H](C)N)nc1)C1CC1. The van der Waals surface area contributed by atoms with Crippen LogP contribution in [0.5, 0.6) is 0 Å². The summed E-state index contributed by atoms with van der Waals surface area (Å²) < 4.78 is 0. The topological polar surface area (TPSA) is 42.1 Å². The van der Waals surface area contributed by atoms with E-state index in [0.717, 1.165) is 18.3 Å². The second kappa shape index (κ2) is 4.19. The largest absolute Gasteiger partial charge is 0.368 e. The van der Waals surface area contributed by atoms with Crippen LogP contribution in [0.2, 0.25) is 0 Å². The molecule has 1 aromatic heterocycles. The molecule has 1 aromatic rings. The van der Waals surface area contributed by atoms with Crippen LogP contribution in [-0.4, -0.2) is 17.6 Å². The molecular weight excluding hydrogens is 186 g/mol. The smallest absolute Gasteiger partial charge is 0.0569 e. The highest BCUT2D eigenvalue weighted by Gasteiger charge is 2.28. The van der Waals surface area contributed by atoms with Crippen LogP contribution < -0.4 is 10.6 Å². The van der Waals surface area contributed by atoms with Crippen LogP contribution in [0.3, 0.4) is 0 Å². The Balaban J connectivity index is 2.14. The van der Waals surface area contributed by atoms with Gasteiger partial charge in [0.15, 0.2) is 0 Å². The number of nitrogens with two attached hydrogens (primary N) is 1. The van der Waals surface area contributed by atoms with Crippen LogP contribution in [0.15, 0.2) is 18.3 Å². The fourth-order valence-corrected chi connectivity index (χ4v) is 1.87. The van der Waals surface area contributed by atoms with Crippen molar-refractivity contribution < 1.29 is 0 Å². The van der Waals surface area contributed by atoms with Crippen molar-refractivity contribution in [2.75, 3.05) is 11.4 Å². The van der Waals surface area contributed by atoms with Gasteiger partial charge >= 0.3 is 0 Å². The molecule has 1 saturated carbocycles. The van der Waals surface area contributed by atoms with Crippen molar-refractivity contribution in [1.82, 2.24) is 4.98 Å². The fraction of sp³-hybridized carbons (Fsp3) is 0.583. The Morgan fingerprint density at radius 3 is 2.67 bits per heavy atom. The number of hydrogen-bond donors (Lipinski definition) is 1. The van der Waals surface area contributed by atoms with E-state index in [9.17, 15) is 0 Å². The third kappa shape index (κ3) is 2.29. The Kier molecular flexibility index (Phi) is 2.91. The summed E-state index contributed by atoms with van der Waals surface area (Å²) in [6.07, 6.45) is 4.59. The molecule has 2 N–H and O–H groups in total. The lowest BCUT2D eigenvalue weighted by molar-refractivity contribution is 0.773. The predicted molar refractivity (Wildman–Crippen MR) is 62.9 cm³/mol. The van der Waals surface area contributed by atoms with E-state index in [1.54, 1.807) is 0 Å². The van der Waals surface area contributed by atoms with Crippen LogP contribution in [0, 0.1) is 0 Å². The minimum atomic E-state index is 0.0232. The molecule has 0 aromatic carbocycles. The van der Waals surface area contributed by atoms with Gasteiger partial charge in [-0.15, -0.1) is 0 Å². The number of aromatic nitrogens is 1. The Morgan fingerprint density at radius 1 is 1.53 bits per heavy atom. The monoisotopic (exact) mass is 205 g/mol. The Morgan fingerprint density at radius 2 is 2.27 bits per heavy atom. The molecule has 3 nitrogen and oxygen atoms in total. The molecular formula is C12H19N3. The summed E-state index contributed by atoms with van der Waals surface area (Å²) in [6, 6.07) is 4.94. The first-order chi connectivity index (χ1) is 7.22. The first kappa shape index (κ1) is 10.4. The molecule has 0 saturated heterocycles. The van der Waals surface area contributed by atoms with Crippen molar-refractivity contribution in [3.8, 4) is 0 Å². The van der Waals surface area contributed by atoms with Gasteiger partial charge in [-0.25, -0.2) is 0 Å². The third-order valence-corrected chi connectivity index (χ3v) is 2.90. The Labute approximate surface area is 91.3 Å². The maximum absolute atomic E-state index is 5.77. The number of nitrogens with zero attached hydrogens (tertiary/aromatic N) is 2. The minimum Gasteiger partial charge on any atom is -0.368 e. The lowest BCUT2D eigenvalue weighted by Gasteiger charge is -2.22. The average Bonchev–Trinajstić information content (AvgIpc) is 3.04. The second-order valence-electron chi connectivity index (χ2n) is 4.25. The molecule has 0 radical (unpaired) electrons. The van der Waals surface area contributed by atoms with Crippen LogP contribution in [0.1, 0.15) is 38.4 Å². The van der Waals surface area contributed by atoms with E-state index in [1.807, 2.05) is 19.2 Å². The number of anilines is 1. The number of pyridine rings is 1. The van der Waals surface area contributed by atoms with Crippen molar-refractivity contribution in [2.45, 2.75) is 38.8 Å². The zero-order valence-corrected chi connectivity index (χ0v) is 9.48. The number of rotatable bonds is 4. The maximum Gasteiger partial charge on any atom is 0.0569 e. The Bertz CT molecular complexity index is 314. The fourth-order valence-electron chi connectivity index (χ4n) is 1.87. The van der Waals surface area contributed by atoms with Crippen LogP contribution >= 0.6 is 0 Å². The number of hydrogen-bond acceptors (Lipinski definition) is 3. The average molecular weight is 205 g/mol. The van der Waals surface area contributed by atoms with E-state index in [1.165, 1.54) is 18.5 Å². The summed E-state index contributed by atoms with van der Waals surface area (Å²) in [5.41, 5.74) is 7.96. The first-order valence-electron chi connectivity index (χ1n) is 5.70. The maximum atomic E-state index is 5.77. The van der Waals surface area contributed by atoms with Gasteiger partial charge in [0.05, 0.1) is 17.6 Å². The van der Waals surface area contributed by atoms with E-state index < -0.39 is 0 Å². The van der Waals surface area contributed by atoms with Crippen molar-refractivity contribution in [3.05, 3.63) is 24.0 Å². The van der Waals surface area contributed by atoms with Gasteiger partial charge in [-0.05, 0) is 38.8 Å². The van der Waals surface area contributed by atoms with Gasteiger partial charge in [0.1, 0.15) is 0 Å². The van der Waals surface area contributed by atoms with E-state index in [-0.39, 0.29) is 6.04 Å². The molecule has 0 aliphatic heterocycles. The van der Waals surface area contributed by atoms with Crippen LogP contribution in [0.25, 0.3) is 0 Å². The highest BCUT2D eigenvalue weighted by molar-refractivity contribution is 5.47. The lowest BCUT2D eigenvalue weighted by atomic mass is 10.2. The van der Waals surface area contributed by atoms with Gasteiger partial charge in [-0.3, -0.25) is 4.98 Å². The second-order valence-corrected chi connectivity index (χ2v) is 4.25. The van der Waals surface area contributed by atoms with Crippen molar-refractivity contribution >= 4 is 5.69 Å². The van der Waals surface area contributed by atoms with Crippen LogP contribution in [0.4, 0.5) is 5.69 Å². The molecule has 0 amide bonds. The molecule has 1 aliphatic rings. The molecule has 3 heteroatoms. The molecule has 2 rings (SSSR count). The molecule has 1 fully saturated rings. The molecule has 1 aliphatic carbocycles. The zero-order chi connectivity index (χ0) is 10.8. The third-order valence-electron chi connectivity index (χ3n) is 2.90. The summed E-state index contributed by atoms with van der Waals surface area (Å²) in [4.78, 5) is 6.81. The molecule has 1 atom stereocenters. The Hall–Kier alpha value is -1.09. The quantitative estimate of drug-likeness (QED) is 0.818. The first-order valence-corrected chi connectivity index (χ1v) is 5.70. The summed E-state index contributed by atoms with van der Waals surface area (Å²) in [7, 11) is 0. The van der Waals surface area contributed by atoms with Gasteiger partial charge in [0, 0.05) is 18.6 Å². The van der Waals surface area contributed by atoms with Crippen molar-refractivity contribution in [2.24, 2.45) is 5.73 Å². The summed E-state index contributed by atoms with van der Waals surface area (Å²) in [5, 5.41) is 0. The lowest BCUT2D eigenvalue weighted by Crippen LogP contribution is -2.25. The summed E-state index contributed by atoms with van der Waals surface area (Å²) >= 11 is 0. The summed E-state index contributed by atoms with van der Waals surface area (Å²) in [5.74, 6) is 0. The zero-order valence-electron chi connectivity index (χ0n) is 9.48. The summed E-state index contributed by atoms with van der Waals surface area (Å²) in [6.45, 7) is 5.21. The van der Waals surface area contributed by atoms with Gasteiger partial charge in [-0.1, -0.05) is 0 Å². The van der Waals surface area contributed by atoms with Crippen molar-refractivity contribution in [1.29, 1.82) is 0 Å². The molecule has 0 spiro atoms. The van der Waals surface area contributed by atoms with E-state index in [4.69, 9.17) is 5.73 Å². The van der Waals surface area contributed by atoms with E-state index in [2.05, 4.69) is 22.9 Å². The van der Waals surface area contributed by atoms with Gasteiger partial charge < -0.3 is 10.6 Å².